The van der Waals surface area contributed by atoms with Crippen molar-refractivity contribution in [1.82, 2.24) is 0 Å². The number of Topliss-reactive ketones (excluding diaryl/α,β-unsaturated/α-hetero) is 2. The molecule has 5 nitrogen and oxygen atoms in total. The fourth-order valence-corrected chi connectivity index (χ4v) is 5.97. The first kappa shape index (κ1) is 18.5. The van der Waals surface area contributed by atoms with Gasteiger partial charge in [-0.05, 0) is 35.3 Å². The number of para-hydroxylation sites is 1. The lowest BCUT2D eigenvalue weighted by molar-refractivity contribution is -0.132. The van der Waals surface area contributed by atoms with E-state index in [0.29, 0.717) is 42.6 Å². The highest BCUT2D eigenvalue weighted by Crippen LogP contribution is 2.58. The predicted octanol–water partition coefficient (Wildman–Crippen LogP) is 3.98. The number of hydrogen-bond donors (Lipinski definition) is 1. The van der Waals surface area contributed by atoms with Gasteiger partial charge in [-0.1, -0.05) is 45.9 Å². The topological polar surface area (TPSA) is 75.6 Å². The monoisotopic (exact) mass is 390 g/mol. The van der Waals surface area contributed by atoms with E-state index >= 15 is 0 Å². The van der Waals surface area contributed by atoms with Crippen molar-refractivity contribution in [2.45, 2.75) is 58.8 Å². The number of aliphatic imine (C=N–C) groups is 1. The van der Waals surface area contributed by atoms with Crippen LogP contribution in [0.5, 0.6) is 0 Å². The molecule has 150 valence electrons. The first-order chi connectivity index (χ1) is 13.6. The van der Waals surface area contributed by atoms with E-state index in [1.165, 1.54) is 0 Å². The van der Waals surface area contributed by atoms with E-state index in [9.17, 15) is 14.4 Å². The van der Waals surface area contributed by atoms with Crippen LogP contribution in [0.3, 0.4) is 0 Å². The van der Waals surface area contributed by atoms with Crippen LogP contribution in [0.15, 0.2) is 40.5 Å². The van der Waals surface area contributed by atoms with E-state index < -0.39 is 11.3 Å². The van der Waals surface area contributed by atoms with Gasteiger partial charge >= 0.3 is 0 Å². The number of hydrogen-bond acceptors (Lipinski definition) is 4. The summed E-state index contributed by atoms with van der Waals surface area (Å²) in [5, 5.41) is 2.97. The number of carbonyl (C=O) groups is 3. The second-order valence-electron chi connectivity index (χ2n) is 10.6. The lowest BCUT2D eigenvalue weighted by atomic mass is 9.53. The van der Waals surface area contributed by atoms with E-state index in [0.717, 1.165) is 11.3 Å². The van der Waals surface area contributed by atoms with Gasteiger partial charge in [0.05, 0.1) is 5.92 Å². The van der Waals surface area contributed by atoms with Gasteiger partial charge in [-0.25, -0.2) is 0 Å². The van der Waals surface area contributed by atoms with Crippen LogP contribution < -0.4 is 5.32 Å². The molecule has 1 spiro atoms. The highest BCUT2D eigenvalue weighted by Gasteiger charge is 2.64. The van der Waals surface area contributed by atoms with Crippen molar-refractivity contribution in [2.24, 2.45) is 21.7 Å². The minimum absolute atomic E-state index is 0.0102. The van der Waals surface area contributed by atoms with Crippen molar-refractivity contribution < 1.29 is 14.4 Å². The van der Waals surface area contributed by atoms with Crippen LogP contribution in [0.2, 0.25) is 0 Å². The molecule has 0 radical (unpaired) electrons. The van der Waals surface area contributed by atoms with Crippen molar-refractivity contribution in [3.8, 4) is 0 Å². The molecule has 29 heavy (non-hydrogen) atoms. The third kappa shape index (κ3) is 2.39. The standard InChI is InChI=1S/C24H26N2O3/c1-22(2)9-15-19(17(27)11-22)24(13-7-5-6-8-14(13)26-21(24)29)20-16(25-15)10-23(3,4)12-18(20)28/h5-8,19H,9-12H2,1-4H3,(H,26,29)/t19?,24-/m0/s1. The number of amides is 1. The Morgan fingerprint density at radius 3 is 2.38 bits per heavy atom. The summed E-state index contributed by atoms with van der Waals surface area (Å²) in [5.74, 6) is -0.993. The lowest BCUT2D eigenvalue weighted by Gasteiger charge is -2.48. The maximum absolute atomic E-state index is 13.6. The van der Waals surface area contributed by atoms with E-state index in [4.69, 9.17) is 4.99 Å². The normalized spacial score (nSPS) is 31.8. The summed E-state index contributed by atoms with van der Waals surface area (Å²) in [5.41, 5.74) is 1.69. The van der Waals surface area contributed by atoms with E-state index in [-0.39, 0.29) is 28.3 Å². The van der Waals surface area contributed by atoms with Crippen molar-refractivity contribution in [3.05, 3.63) is 41.1 Å². The molecule has 2 aliphatic heterocycles. The maximum Gasteiger partial charge on any atom is 0.240 e. The molecular weight excluding hydrogens is 364 g/mol. The van der Waals surface area contributed by atoms with E-state index in [1.54, 1.807) is 0 Å². The number of rotatable bonds is 0. The number of carbonyl (C=O) groups excluding carboxylic acids is 3. The molecule has 1 amide bonds. The molecule has 5 rings (SSSR count). The van der Waals surface area contributed by atoms with Crippen LogP contribution in [0, 0.1) is 16.7 Å². The fourth-order valence-electron chi connectivity index (χ4n) is 5.97. The number of ketones is 2. The smallest absolute Gasteiger partial charge is 0.240 e. The molecule has 1 aromatic rings. The minimum Gasteiger partial charge on any atom is -0.325 e. The number of nitrogens with zero attached hydrogens (tertiary/aromatic N) is 1. The van der Waals surface area contributed by atoms with Crippen molar-refractivity contribution in [1.29, 1.82) is 0 Å². The van der Waals surface area contributed by atoms with Crippen molar-refractivity contribution in [2.75, 3.05) is 5.32 Å². The third-order valence-corrected chi connectivity index (χ3v) is 6.88. The molecule has 0 bridgehead atoms. The first-order valence-electron chi connectivity index (χ1n) is 10.3. The summed E-state index contributed by atoms with van der Waals surface area (Å²) >= 11 is 0. The number of fused-ring (bicyclic) bond motifs is 5. The van der Waals surface area contributed by atoms with Crippen LogP contribution in [-0.2, 0) is 19.8 Å². The molecule has 1 fully saturated rings. The van der Waals surface area contributed by atoms with Crippen LogP contribution in [0.1, 0.15) is 58.9 Å². The summed E-state index contributed by atoms with van der Waals surface area (Å²) in [7, 11) is 0. The van der Waals surface area contributed by atoms with Gasteiger partial charge in [-0.15, -0.1) is 0 Å². The molecule has 2 atom stereocenters. The lowest BCUT2D eigenvalue weighted by Crippen LogP contribution is -2.58. The molecule has 4 aliphatic rings. The van der Waals surface area contributed by atoms with Gasteiger partial charge in [-0.3, -0.25) is 19.4 Å². The fraction of sp³-hybridized carbons (Fsp3) is 0.500. The van der Waals surface area contributed by atoms with Gasteiger partial charge in [0.2, 0.25) is 5.91 Å². The zero-order valence-corrected chi connectivity index (χ0v) is 17.4. The zero-order chi connectivity index (χ0) is 20.8. The van der Waals surface area contributed by atoms with E-state index in [1.807, 2.05) is 24.3 Å². The Morgan fingerprint density at radius 1 is 0.931 bits per heavy atom. The second kappa shape index (κ2) is 5.53. The molecule has 0 saturated heterocycles. The van der Waals surface area contributed by atoms with Crippen LogP contribution in [0.25, 0.3) is 0 Å². The molecule has 1 saturated carbocycles. The van der Waals surface area contributed by atoms with Crippen molar-refractivity contribution >= 4 is 28.9 Å². The zero-order valence-electron chi connectivity index (χ0n) is 17.4. The van der Waals surface area contributed by atoms with Crippen LogP contribution in [-0.4, -0.2) is 23.2 Å². The summed E-state index contributed by atoms with van der Waals surface area (Å²) in [6.07, 6.45) is 2.04. The minimum atomic E-state index is -1.27. The number of anilines is 1. The molecular formula is C24H26N2O3. The van der Waals surface area contributed by atoms with Gasteiger partial charge in [0.15, 0.2) is 5.78 Å². The molecule has 1 N–H and O–H groups in total. The van der Waals surface area contributed by atoms with E-state index in [2.05, 4.69) is 33.0 Å². The Bertz CT molecular complexity index is 1060. The summed E-state index contributed by atoms with van der Waals surface area (Å²) in [6, 6.07) is 7.48. The molecule has 1 unspecified atom stereocenters. The Balaban J connectivity index is 1.85. The number of nitrogens with one attached hydrogen (secondary N) is 1. The Morgan fingerprint density at radius 2 is 1.62 bits per heavy atom. The summed E-state index contributed by atoms with van der Waals surface area (Å²) in [6.45, 7) is 8.26. The molecule has 2 aliphatic carbocycles. The van der Waals surface area contributed by atoms with Gasteiger partial charge in [0, 0.05) is 35.5 Å². The second-order valence-corrected chi connectivity index (χ2v) is 10.6. The summed E-state index contributed by atoms with van der Waals surface area (Å²) < 4.78 is 0. The predicted molar refractivity (Wildman–Crippen MR) is 111 cm³/mol. The largest absolute Gasteiger partial charge is 0.325 e. The average molecular weight is 390 g/mol. The Hall–Kier alpha value is -2.56. The number of benzene rings is 1. The number of allylic oxidation sites excluding steroid dienone is 1. The maximum atomic E-state index is 13.6. The van der Waals surface area contributed by atoms with Crippen LogP contribution >= 0.6 is 0 Å². The van der Waals surface area contributed by atoms with Gasteiger partial charge in [-0.2, -0.15) is 0 Å². The van der Waals surface area contributed by atoms with Crippen LogP contribution in [0.4, 0.5) is 5.69 Å². The van der Waals surface area contributed by atoms with Gasteiger partial charge in [0.25, 0.3) is 0 Å². The third-order valence-electron chi connectivity index (χ3n) is 6.88. The molecule has 5 heteroatoms. The highest BCUT2D eigenvalue weighted by molar-refractivity contribution is 6.25. The van der Waals surface area contributed by atoms with Gasteiger partial charge < -0.3 is 5.32 Å². The highest BCUT2D eigenvalue weighted by atomic mass is 16.2. The SMILES string of the molecule is CC1(C)CC(=O)C2C(=NC3=C(C(=O)CC(C)(C)C3)[C@@]23C(=O)Nc2ccccc23)C1. The molecule has 2 heterocycles. The Kier molecular flexibility index (Phi) is 3.52. The first-order valence-corrected chi connectivity index (χ1v) is 10.3. The molecule has 0 aromatic heterocycles. The van der Waals surface area contributed by atoms with Gasteiger partial charge in [0.1, 0.15) is 11.2 Å². The quantitative estimate of drug-likeness (QED) is 0.728. The summed E-state index contributed by atoms with van der Waals surface area (Å²) in [4.78, 5) is 45.5. The van der Waals surface area contributed by atoms with Crippen molar-refractivity contribution in [3.63, 3.8) is 0 Å². The molecule has 1 aromatic carbocycles. The Labute approximate surface area is 170 Å². The average Bonchev–Trinajstić information content (AvgIpc) is 2.84.